The lowest BCUT2D eigenvalue weighted by Gasteiger charge is -2.24. The van der Waals surface area contributed by atoms with Crippen molar-refractivity contribution in [1.29, 1.82) is 0 Å². The molecule has 0 unspecified atom stereocenters. The molecule has 0 aliphatic heterocycles. The number of Topliss-reactive ketones (excluding diaryl/α,β-unsaturated/α-hetero) is 1. The first kappa shape index (κ1) is 31.2. The predicted molar refractivity (Wildman–Crippen MR) is 129 cm³/mol. The number of carbonyl (C=O) groups excluding carboxylic acids is 1. The molecule has 0 saturated heterocycles. The van der Waals surface area contributed by atoms with E-state index in [0.717, 1.165) is 36.7 Å². The second-order valence-corrected chi connectivity index (χ2v) is 10.3. The van der Waals surface area contributed by atoms with E-state index in [1.165, 1.54) is 38.5 Å². The van der Waals surface area contributed by atoms with E-state index in [4.69, 9.17) is 5.11 Å². The van der Waals surface area contributed by atoms with Crippen LogP contribution in [-0.4, -0.2) is 62.3 Å². The Morgan fingerprint density at radius 3 is 1.78 bits per heavy atom. The van der Waals surface area contributed by atoms with Crippen molar-refractivity contribution in [3.05, 3.63) is 11.6 Å². The molecule has 5 N–H and O–H groups in total. The second kappa shape index (κ2) is 17.7. The molecule has 6 heteroatoms. The van der Waals surface area contributed by atoms with Crippen molar-refractivity contribution < 1.29 is 30.3 Å². The van der Waals surface area contributed by atoms with Crippen LogP contribution in [0.5, 0.6) is 0 Å². The van der Waals surface area contributed by atoms with Crippen LogP contribution in [0.4, 0.5) is 0 Å². The zero-order valence-electron chi connectivity index (χ0n) is 21.0. The van der Waals surface area contributed by atoms with Gasteiger partial charge in [0, 0.05) is 6.42 Å². The largest absolute Gasteiger partial charge is 0.394 e. The summed E-state index contributed by atoms with van der Waals surface area (Å²) < 4.78 is 0. The highest BCUT2D eigenvalue weighted by Crippen LogP contribution is 2.22. The van der Waals surface area contributed by atoms with Gasteiger partial charge in [-0.3, -0.25) is 4.79 Å². The minimum atomic E-state index is -1.84. The fraction of sp³-hybridized carbons (Fsp3) is 0.885. The highest BCUT2D eigenvalue weighted by Gasteiger charge is 2.33. The summed E-state index contributed by atoms with van der Waals surface area (Å²) in [7, 11) is 0. The lowest BCUT2D eigenvalue weighted by molar-refractivity contribution is -0.146. The fourth-order valence-corrected chi connectivity index (χ4v) is 3.92. The molecule has 0 fully saturated rings. The van der Waals surface area contributed by atoms with Crippen molar-refractivity contribution in [2.24, 2.45) is 17.8 Å². The first-order valence-electron chi connectivity index (χ1n) is 12.5. The molecule has 190 valence electrons. The molecule has 0 bridgehead atoms. The molecule has 6 nitrogen and oxygen atoms in total. The second-order valence-electron chi connectivity index (χ2n) is 10.3. The zero-order valence-corrected chi connectivity index (χ0v) is 21.0. The summed E-state index contributed by atoms with van der Waals surface area (Å²) in [6.07, 6.45) is 5.59. The number of aliphatic hydroxyl groups is 5. The quantitative estimate of drug-likeness (QED) is 0.188. The highest BCUT2D eigenvalue weighted by molar-refractivity contribution is 5.84. The molecule has 6 atom stereocenters. The van der Waals surface area contributed by atoms with Crippen LogP contribution in [-0.2, 0) is 4.79 Å². The molecule has 0 radical (unpaired) electrons. The number of hydrogen-bond donors (Lipinski definition) is 5. The monoisotopic (exact) mass is 458 g/mol. The average molecular weight is 459 g/mol. The van der Waals surface area contributed by atoms with Crippen molar-refractivity contribution in [2.45, 2.75) is 123 Å². The van der Waals surface area contributed by atoms with Crippen LogP contribution in [0, 0.1) is 17.8 Å². The Labute approximate surface area is 195 Å². The topological polar surface area (TPSA) is 118 Å². The lowest BCUT2D eigenvalue weighted by Crippen LogP contribution is -2.48. The van der Waals surface area contributed by atoms with E-state index in [9.17, 15) is 25.2 Å². The van der Waals surface area contributed by atoms with Gasteiger partial charge < -0.3 is 25.5 Å². The smallest absolute Gasteiger partial charge is 0.167 e. The van der Waals surface area contributed by atoms with E-state index in [1.807, 2.05) is 6.92 Å². The summed E-state index contributed by atoms with van der Waals surface area (Å²) in [6, 6.07) is 0. The maximum Gasteiger partial charge on any atom is 0.167 e. The molecular formula is C26H50O6. The Kier molecular flexibility index (Phi) is 17.2. The van der Waals surface area contributed by atoms with Gasteiger partial charge in [0.1, 0.15) is 24.4 Å². The van der Waals surface area contributed by atoms with Gasteiger partial charge in [0.2, 0.25) is 0 Å². The SMILES string of the molecule is C/C(=C\CC(=O)[C@H](O)[C@@H](O)[C@H](O)[C@H](O)CO)CCC[C@H](C)CCC[C@H](C)CCCC(C)C. The van der Waals surface area contributed by atoms with Crippen LogP contribution < -0.4 is 0 Å². The van der Waals surface area contributed by atoms with E-state index < -0.39 is 36.8 Å². The molecular weight excluding hydrogens is 408 g/mol. The van der Waals surface area contributed by atoms with Gasteiger partial charge in [-0.25, -0.2) is 0 Å². The Morgan fingerprint density at radius 2 is 1.28 bits per heavy atom. The number of hydrogen-bond acceptors (Lipinski definition) is 6. The maximum absolute atomic E-state index is 12.0. The van der Waals surface area contributed by atoms with Gasteiger partial charge in [0.25, 0.3) is 0 Å². The van der Waals surface area contributed by atoms with E-state index >= 15 is 0 Å². The molecule has 32 heavy (non-hydrogen) atoms. The number of aliphatic hydroxyl groups excluding tert-OH is 5. The average Bonchev–Trinajstić information content (AvgIpc) is 2.74. The Bertz CT molecular complexity index is 518. The lowest BCUT2D eigenvalue weighted by atomic mass is 9.91. The molecule has 0 aromatic rings. The number of allylic oxidation sites excluding steroid dienone is 2. The van der Waals surface area contributed by atoms with Gasteiger partial charge in [-0.15, -0.1) is 0 Å². The molecule has 0 heterocycles. The Hall–Kier alpha value is -0.790. The van der Waals surface area contributed by atoms with Crippen molar-refractivity contribution in [3.8, 4) is 0 Å². The van der Waals surface area contributed by atoms with Crippen LogP contribution in [0.15, 0.2) is 11.6 Å². The minimum Gasteiger partial charge on any atom is -0.394 e. The van der Waals surface area contributed by atoms with E-state index in [2.05, 4.69) is 27.7 Å². The van der Waals surface area contributed by atoms with Crippen LogP contribution in [0.25, 0.3) is 0 Å². The zero-order chi connectivity index (χ0) is 24.7. The summed E-state index contributed by atoms with van der Waals surface area (Å²) in [6.45, 7) is 10.4. The highest BCUT2D eigenvalue weighted by atomic mass is 16.4. The molecule has 0 aliphatic rings. The summed E-state index contributed by atoms with van der Waals surface area (Å²) in [5, 5.41) is 47.4. The number of carbonyl (C=O) groups is 1. The fourth-order valence-electron chi connectivity index (χ4n) is 3.92. The van der Waals surface area contributed by atoms with Gasteiger partial charge in [0.05, 0.1) is 6.61 Å². The van der Waals surface area contributed by atoms with Gasteiger partial charge in [-0.1, -0.05) is 84.3 Å². The van der Waals surface area contributed by atoms with E-state index in [-0.39, 0.29) is 6.42 Å². The normalized spacial score (nSPS) is 18.3. The standard InChI is InChI=1S/C26H50O6/c1-18(2)9-6-10-19(3)11-7-12-20(4)13-8-14-21(5)15-16-22(28)24(30)26(32)25(31)23(29)17-27/h15,18-20,23-27,29-32H,6-14,16-17H2,1-5H3/b21-15+/t19-,20-,23-,24+,25-,26-/m1/s1. The van der Waals surface area contributed by atoms with Crippen molar-refractivity contribution >= 4 is 5.78 Å². The Balaban J connectivity index is 4.09. The van der Waals surface area contributed by atoms with Gasteiger partial charge in [0.15, 0.2) is 5.78 Å². The predicted octanol–water partition coefficient (Wildman–Crippen LogP) is 3.77. The van der Waals surface area contributed by atoms with E-state index in [0.29, 0.717) is 5.92 Å². The van der Waals surface area contributed by atoms with Crippen LogP contribution in [0.2, 0.25) is 0 Å². The van der Waals surface area contributed by atoms with E-state index in [1.54, 1.807) is 6.08 Å². The van der Waals surface area contributed by atoms with Crippen molar-refractivity contribution in [2.75, 3.05) is 6.61 Å². The first-order chi connectivity index (χ1) is 15.0. The molecule has 0 aliphatic carbocycles. The van der Waals surface area contributed by atoms with Crippen molar-refractivity contribution in [1.82, 2.24) is 0 Å². The third-order valence-electron chi connectivity index (χ3n) is 6.38. The van der Waals surface area contributed by atoms with Gasteiger partial charge >= 0.3 is 0 Å². The molecule has 0 saturated carbocycles. The molecule has 0 spiro atoms. The van der Waals surface area contributed by atoms with Gasteiger partial charge in [-0.2, -0.15) is 0 Å². The Morgan fingerprint density at radius 1 is 0.781 bits per heavy atom. The first-order valence-corrected chi connectivity index (χ1v) is 12.5. The molecule has 0 aromatic heterocycles. The van der Waals surface area contributed by atoms with Crippen LogP contribution in [0.3, 0.4) is 0 Å². The molecule has 0 amide bonds. The summed E-state index contributed by atoms with van der Waals surface area (Å²) in [5.41, 5.74) is 1.06. The third-order valence-corrected chi connectivity index (χ3v) is 6.38. The van der Waals surface area contributed by atoms with Gasteiger partial charge in [-0.05, 0) is 37.5 Å². The molecule has 0 rings (SSSR count). The van der Waals surface area contributed by atoms with Crippen LogP contribution in [0.1, 0.15) is 98.8 Å². The molecule has 0 aromatic carbocycles. The maximum atomic E-state index is 12.0. The minimum absolute atomic E-state index is 0.0454. The number of ketones is 1. The summed E-state index contributed by atoms with van der Waals surface area (Å²) in [5.74, 6) is 1.67. The van der Waals surface area contributed by atoms with Crippen molar-refractivity contribution in [3.63, 3.8) is 0 Å². The summed E-state index contributed by atoms with van der Waals surface area (Å²) >= 11 is 0. The summed E-state index contributed by atoms with van der Waals surface area (Å²) in [4.78, 5) is 12.0. The third kappa shape index (κ3) is 14.4. The number of rotatable bonds is 19. The van der Waals surface area contributed by atoms with Crippen LogP contribution >= 0.6 is 0 Å².